The number of fused-ring (bicyclic) bond motifs is 3. The predicted octanol–water partition coefficient (Wildman–Crippen LogP) is 3.18. The van der Waals surface area contributed by atoms with Gasteiger partial charge in [0.2, 0.25) is 23.6 Å². The molecule has 3 aromatic rings. The van der Waals surface area contributed by atoms with Gasteiger partial charge < -0.3 is 45.5 Å². The number of rotatable bonds is 6. The van der Waals surface area contributed by atoms with Gasteiger partial charge in [-0.05, 0) is 67.7 Å². The van der Waals surface area contributed by atoms with E-state index < -0.39 is 54.3 Å². The number of carbonyl (C=O) groups excluding carboxylic acids is 5. The van der Waals surface area contributed by atoms with Crippen molar-refractivity contribution in [3.05, 3.63) is 89.5 Å². The molecule has 54 heavy (non-hydrogen) atoms. The third-order valence-corrected chi connectivity index (χ3v) is 8.73. The Morgan fingerprint density at radius 2 is 1.59 bits per heavy atom. The van der Waals surface area contributed by atoms with Crippen LogP contribution < -0.4 is 35.5 Å². The zero-order valence-electron chi connectivity index (χ0n) is 31.2. The van der Waals surface area contributed by atoms with Crippen molar-refractivity contribution in [3.63, 3.8) is 0 Å². The fourth-order valence-electron chi connectivity index (χ4n) is 5.72. The molecule has 0 saturated heterocycles. The highest BCUT2D eigenvalue weighted by atomic mass is 16.5. The van der Waals surface area contributed by atoms with Gasteiger partial charge in [0.1, 0.15) is 23.6 Å². The number of aliphatic hydroxyl groups excluding tert-OH is 1. The summed E-state index contributed by atoms with van der Waals surface area (Å²) in [6.07, 6.45) is 2.56. The van der Waals surface area contributed by atoms with E-state index in [0.717, 1.165) is 5.56 Å². The lowest BCUT2D eigenvalue weighted by Gasteiger charge is -2.28. The third-order valence-electron chi connectivity index (χ3n) is 8.73. The zero-order chi connectivity index (χ0) is 39.2. The molecular weight excluding hydrogens is 694 g/mol. The molecule has 1 aliphatic heterocycles. The Labute approximate surface area is 315 Å². The first-order valence-electron chi connectivity index (χ1n) is 17.8. The fraction of sp³-hybridized carbons (Fsp3) is 0.375. The van der Waals surface area contributed by atoms with E-state index in [0.29, 0.717) is 41.2 Å². The number of benzene rings is 3. The smallest absolute Gasteiger partial charge is 0.251 e. The summed E-state index contributed by atoms with van der Waals surface area (Å²) < 4.78 is 17.4. The molecule has 2 bridgehead atoms. The second-order valence-corrected chi connectivity index (χ2v) is 13.1. The highest BCUT2D eigenvalue weighted by Gasteiger charge is 2.32. The van der Waals surface area contributed by atoms with Crippen LogP contribution in [0.4, 0.5) is 0 Å². The van der Waals surface area contributed by atoms with E-state index in [1.807, 2.05) is 30.3 Å². The minimum absolute atomic E-state index is 0.0705. The summed E-state index contributed by atoms with van der Waals surface area (Å²) in [7, 11) is 2.95. The molecule has 288 valence electrons. The van der Waals surface area contributed by atoms with Crippen LogP contribution in [0.5, 0.6) is 23.0 Å². The quantitative estimate of drug-likeness (QED) is 0.237. The van der Waals surface area contributed by atoms with Gasteiger partial charge in [-0.3, -0.25) is 24.0 Å². The highest BCUT2D eigenvalue weighted by molar-refractivity contribution is 5.96. The Morgan fingerprint density at radius 1 is 0.852 bits per heavy atom. The maximum absolute atomic E-state index is 13.6. The second-order valence-electron chi connectivity index (χ2n) is 13.1. The van der Waals surface area contributed by atoms with Gasteiger partial charge in [-0.25, -0.2) is 0 Å². The third kappa shape index (κ3) is 11.3. The minimum atomic E-state index is -1.43. The number of nitrogens with zero attached hydrogens (tertiary/aromatic N) is 1. The molecule has 0 aliphatic carbocycles. The number of hydrogen-bond acceptors (Lipinski definition) is 9. The van der Waals surface area contributed by atoms with Gasteiger partial charge in [0.25, 0.3) is 5.91 Å². The molecule has 0 spiro atoms. The Bertz CT molecular complexity index is 1810. The van der Waals surface area contributed by atoms with Crippen molar-refractivity contribution in [2.45, 2.75) is 58.3 Å². The normalized spacial score (nSPS) is 18.7. The number of hydrogen-bond donors (Lipinski definition) is 5. The summed E-state index contributed by atoms with van der Waals surface area (Å²) in [6.45, 7) is 4.78. The number of aliphatic hydroxyl groups is 1. The summed E-state index contributed by atoms with van der Waals surface area (Å²) in [5, 5.41) is 21.5. The summed E-state index contributed by atoms with van der Waals surface area (Å²) in [4.78, 5) is 68.4. The van der Waals surface area contributed by atoms with Crippen molar-refractivity contribution >= 4 is 35.6 Å². The number of carbonyl (C=O) groups is 5. The van der Waals surface area contributed by atoms with Gasteiger partial charge in [0, 0.05) is 24.7 Å². The van der Waals surface area contributed by atoms with E-state index in [-0.39, 0.29) is 31.3 Å². The van der Waals surface area contributed by atoms with Crippen LogP contribution in [0.1, 0.15) is 55.1 Å². The summed E-state index contributed by atoms with van der Waals surface area (Å²) >= 11 is 0. The van der Waals surface area contributed by atoms with Gasteiger partial charge in [-0.15, -0.1) is 0 Å². The van der Waals surface area contributed by atoms with E-state index >= 15 is 0 Å². The summed E-state index contributed by atoms with van der Waals surface area (Å²) in [5.41, 5.74) is 1.58. The molecule has 14 heteroatoms. The van der Waals surface area contributed by atoms with Crippen molar-refractivity contribution in [2.75, 3.05) is 33.9 Å². The Hall–Kier alpha value is -5.89. The molecule has 14 nitrogen and oxygen atoms in total. The van der Waals surface area contributed by atoms with Crippen LogP contribution in [0.15, 0.2) is 72.8 Å². The van der Waals surface area contributed by atoms with Crippen LogP contribution in [0.3, 0.4) is 0 Å². The second kappa shape index (κ2) is 19.8. The molecular formula is C40H49N5O9. The standard InChI is InChI=1S/C40H49N5O9/c1-25(2)36-39(50)42-23-29-30(52-4)14-11-15-31(29)54-33-22-28(17-18-32(33)53-5)38(49)41-20-9-10-21-45(35(48)19-16-27-12-7-6-8-13-27)24-34(47)43-37(26(3)46)40(51)44-36/h6-8,11-19,22,25-26,36-37,46H,9-10,20-21,23-24H2,1-5H3,(H,41,49)(H,42,50)(H,43,47)(H,44,51)/b19-16+/t26-,36-,37+/m1/s1. The lowest BCUT2D eigenvalue weighted by atomic mass is 10.0. The maximum Gasteiger partial charge on any atom is 0.251 e. The van der Waals surface area contributed by atoms with Gasteiger partial charge in [-0.1, -0.05) is 50.2 Å². The molecule has 1 aliphatic rings. The zero-order valence-corrected chi connectivity index (χ0v) is 31.2. The molecule has 1 heterocycles. The first kappa shape index (κ1) is 40.9. The van der Waals surface area contributed by atoms with E-state index in [2.05, 4.69) is 21.3 Å². The van der Waals surface area contributed by atoms with Crippen molar-refractivity contribution in [1.29, 1.82) is 0 Å². The highest BCUT2D eigenvalue weighted by Crippen LogP contribution is 2.37. The Morgan fingerprint density at radius 3 is 2.28 bits per heavy atom. The van der Waals surface area contributed by atoms with Gasteiger partial charge in [0.15, 0.2) is 11.5 Å². The number of amides is 5. The maximum atomic E-state index is 13.6. The molecule has 0 fully saturated rings. The number of methoxy groups -OCH3 is 2. The van der Waals surface area contributed by atoms with Crippen molar-refractivity contribution in [1.82, 2.24) is 26.2 Å². The predicted molar refractivity (Wildman–Crippen MR) is 202 cm³/mol. The molecule has 0 saturated carbocycles. The minimum Gasteiger partial charge on any atom is -0.496 e. The first-order chi connectivity index (χ1) is 25.9. The lowest BCUT2D eigenvalue weighted by molar-refractivity contribution is -0.137. The largest absolute Gasteiger partial charge is 0.496 e. The van der Waals surface area contributed by atoms with Gasteiger partial charge in [-0.2, -0.15) is 0 Å². The fourth-order valence-corrected chi connectivity index (χ4v) is 5.72. The summed E-state index contributed by atoms with van der Waals surface area (Å²) in [6, 6.07) is 16.6. The Kier molecular flexibility index (Phi) is 15.0. The topological polar surface area (TPSA) is 185 Å². The molecule has 5 amide bonds. The number of ether oxygens (including phenoxy) is 3. The molecule has 0 radical (unpaired) electrons. The van der Waals surface area contributed by atoms with Crippen molar-refractivity contribution in [2.24, 2.45) is 5.92 Å². The van der Waals surface area contributed by atoms with Crippen LogP contribution in [-0.4, -0.2) is 91.6 Å². The molecule has 3 aromatic carbocycles. The molecule has 0 unspecified atom stereocenters. The van der Waals surface area contributed by atoms with Crippen LogP contribution in [0.2, 0.25) is 0 Å². The molecule has 4 rings (SSSR count). The van der Waals surface area contributed by atoms with Crippen molar-refractivity contribution < 1.29 is 43.3 Å². The van der Waals surface area contributed by atoms with Crippen LogP contribution in [-0.2, 0) is 25.7 Å². The van der Waals surface area contributed by atoms with E-state index in [1.54, 1.807) is 56.3 Å². The van der Waals surface area contributed by atoms with E-state index in [9.17, 15) is 29.1 Å². The SMILES string of the molecule is COc1ccc2cc1Oc1cccc(OC)c1CNC(=O)[C@@H](C(C)C)NC(=O)[C@H]([C@@H](C)O)NC(=O)CN(C(=O)/C=C/c1ccccc1)CCCCNC2=O. The van der Waals surface area contributed by atoms with E-state index in [4.69, 9.17) is 14.2 Å². The van der Waals surface area contributed by atoms with Gasteiger partial charge in [0.05, 0.1) is 39.0 Å². The summed E-state index contributed by atoms with van der Waals surface area (Å²) in [5.74, 6) is -1.87. The molecule has 3 atom stereocenters. The average molecular weight is 744 g/mol. The molecule has 0 aromatic heterocycles. The Balaban J connectivity index is 1.66. The first-order valence-corrected chi connectivity index (χ1v) is 17.8. The van der Waals surface area contributed by atoms with Crippen LogP contribution >= 0.6 is 0 Å². The van der Waals surface area contributed by atoms with Gasteiger partial charge >= 0.3 is 0 Å². The van der Waals surface area contributed by atoms with Crippen molar-refractivity contribution in [3.8, 4) is 23.0 Å². The molecule has 5 N–H and O–H groups in total. The lowest BCUT2D eigenvalue weighted by Crippen LogP contribution is -2.59. The van der Waals surface area contributed by atoms with Crippen LogP contribution in [0, 0.1) is 5.92 Å². The average Bonchev–Trinajstić information content (AvgIpc) is 3.16. The van der Waals surface area contributed by atoms with Crippen LogP contribution in [0.25, 0.3) is 6.08 Å². The van der Waals surface area contributed by atoms with E-state index in [1.165, 1.54) is 32.1 Å². The number of nitrogens with one attached hydrogen (secondary N) is 4. The monoisotopic (exact) mass is 743 g/mol.